The van der Waals surface area contributed by atoms with Gasteiger partial charge in [-0.25, -0.2) is 9.37 Å². The third kappa shape index (κ3) is 3.42. The Kier molecular flexibility index (Phi) is 4.83. The van der Waals surface area contributed by atoms with Crippen molar-refractivity contribution in [2.45, 2.75) is 26.3 Å². The lowest BCUT2D eigenvalue weighted by Gasteiger charge is -2.36. The molecule has 0 aliphatic carbocycles. The minimum atomic E-state index is -0.211. The maximum Gasteiger partial charge on any atom is 0.242 e. The molecular formula is C18H23FN4O. The lowest BCUT2D eigenvalue weighted by Crippen LogP contribution is -2.49. The van der Waals surface area contributed by atoms with Gasteiger partial charge in [0.2, 0.25) is 5.91 Å². The summed E-state index contributed by atoms with van der Waals surface area (Å²) < 4.78 is 15.8. The number of halogens is 1. The first-order valence-corrected chi connectivity index (χ1v) is 8.34. The van der Waals surface area contributed by atoms with Crippen molar-refractivity contribution in [1.82, 2.24) is 14.5 Å². The van der Waals surface area contributed by atoms with E-state index in [1.807, 2.05) is 26.6 Å². The molecule has 128 valence electrons. The van der Waals surface area contributed by atoms with Crippen molar-refractivity contribution in [3.8, 4) is 0 Å². The van der Waals surface area contributed by atoms with Crippen LogP contribution in [0.4, 0.5) is 10.1 Å². The van der Waals surface area contributed by atoms with E-state index in [0.717, 1.165) is 5.82 Å². The molecule has 0 N–H and O–H groups in total. The Morgan fingerprint density at radius 2 is 1.92 bits per heavy atom. The Balaban J connectivity index is 1.59. The van der Waals surface area contributed by atoms with Gasteiger partial charge in [-0.1, -0.05) is 26.0 Å². The topological polar surface area (TPSA) is 41.4 Å². The zero-order valence-electron chi connectivity index (χ0n) is 14.2. The van der Waals surface area contributed by atoms with Gasteiger partial charge in [-0.05, 0) is 12.1 Å². The molecule has 0 spiro atoms. The number of nitrogens with zero attached hydrogens (tertiary/aromatic N) is 4. The fourth-order valence-corrected chi connectivity index (χ4v) is 3.11. The van der Waals surface area contributed by atoms with Crippen LogP contribution < -0.4 is 4.90 Å². The molecule has 0 saturated carbocycles. The second kappa shape index (κ2) is 7.03. The van der Waals surface area contributed by atoms with Gasteiger partial charge in [0.25, 0.3) is 0 Å². The lowest BCUT2D eigenvalue weighted by atomic mass is 10.2. The maximum atomic E-state index is 13.9. The van der Waals surface area contributed by atoms with E-state index in [9.17, 15) is 9.18 Å². The molecule has 1 saturated heterocycles. The number of hydrogen-bond donors (Lipinski definition) is 0. The number of carbonyl (C=O) groups excluding carboxylic acids is 1. The van der Waals surface area contributed by atoms with Crippen LogP contribution >= 0.6 is 0 Å². The standard InChI is InChI=1S/C18H23FN4O/c1-14(2)18-20-7-8-23(18)13-17(24)22-11-9-21(10-12-22)16-6-4-3-5-15(16)19/h3-8,14H,9-13H2,1-2H3. The Morgan fingerprint density at radius 3 is 2.58 bits per heavy atom. The molecule has 1 aliphatic rings. The van der Waals surface area contributed by atoms with Gasteiger partial charge in [0.05, 0.1) is 5.69 Å². The van der Waals surface area contributed by atoms with Crippen molar-refractivity contribution in [3.63, 3.8) is 0 Å². The van der Waals surface area contributed by atoms with Gasteiger partial charge in [-0.2, -0.15) is 0 Å². The van der Waals surface area contributed by atoms with Gasteiger partial charge in [-0.15, -0.1) is 0 Å². The number of piperazine rings is 1. The van der Waals surface area contributed by atoms with Crippen molar-refractivity contribution >= 4 is 11.6 Å². The van der Waals surface area contributed by atoms with Gasteiger partial charge in [0, 0.05) is 44.5 Å². The zero-order chi connectivity index (χ0) is 17.1. The molecule has 0 bridgehead atoms. The van der Waals surface area contributed by atoms with Crippen LogP contribution in [0.3, 0.4) is 0 Å². The summed E-state index contributed by atoms with van der Waals surface area (Å²) in [6, 6.07) is 6.78. The molecule has 3 rings (SSSR count). The average molecular weight is 330 g/mol. The first-order chi connectivity index (χ1) is 11.6. The van der Waals surface area contributed by atoms with Crippen LogP contribution in [0.25, 0.3) is 0 Å². The first kappa shape index (κ1) is 16.5. The second-order valence-corrected chi connectivity index (χ2v) is 6.39. The molecule has 0 radical (unpaired) electrons. The van der Waals surface area contributed by atoms with Crippen molar-refractivity contribution in [2.75, 3.05) is 31.1 Å². The summed E-state index contributed by atoms with van der Waals surface area (Å²) in [5.74, 6) is 1.08. The van der Waals surface area contributed by atoms with Crippen LogP contribution in [-0.4, -0.2) is 46.5 Å². The van der Waals surface area contributed by atoms with Crippen LogP contribution in [0, 0.1) is 5.82 Å². The molecular weight excluding hydrogens is 307 g/mol. The SMILES string of the molecule is CC(C)c1nccn1CC(=O)N1CCN(c2ccccc2F)CC1. The first-order valence-electron chi connectivity index (χ1n) is 8.34. The second-order valence-electron chi connectivity index (χ2n) is 6.39. The summed E-state index contributed by atoms with van der Waals surface area (Å²) in [6.45, 7) is 6.96. The third-order valence-corrected chi connectivity index (χ3v) is 4.40. The lowest BCUT2D eigenvalue weighted by molar-refractivity contribution is -0.132. The number of aromatic nitrogens is 2. The summed E-state index contributed by atoms with van der Waals surface area (Å²) in [5, 5.41) is 0. The predicted octanol–water partition coefficient (Wildman–Crippen LogP) is 2.49. The van der Waals surface area contributed by atoms with E-state index in [4.69, 9.17) is 0 Å². The van der Waals surface area contributed by atoms with Crippen LogP contribution in [0.1, 0.15) is 25.6 Å². The molecule has 1 aliphatic heterocycles. The molecule has 1 aromatic carbocycles. The fourth-order valence-electron chi connectivity index (χ4n) is 3.11. The molecule has 1 aromatic heterocycles. The number of amides is 1. The van der Waals surface area contributed by atoms with Gasteiger partial charge in [-0.3, -0.25) is 4.79 Å². The minimum Gasteiger partial charge on any atom is -0.366 e. The van der Waals surface area contributed by atoms with Crippen molar-refractivity contribution in [1.29, 1.82) is 0 Å². The van der Waals surface area contributed by atoms with E-state index >= 15 is 0 Å². The highest BCUT2D eigenvalue weighted by Gasteiger charge is 2.23. The van der Waals surface area contributed by atoms with Gasteiger partial charge in [0.1, 0.15) is 18.2 Å². The summed E-state index contributed by atoms with van der Waals surface area (Å²) >= 11 is 0. The average Bonchev–Trinajstić information content (AvgIpc) is 3.04. The molecule has 0 atom stereocenters. The molecule has 1 amide bonds. The summed E-state index contributed by atoms with van der Waals surface area (Å²) in [4.78, 5) is 20.7. The van der Waals surface area contributed by atoms with Crippen LogP contribution in [0.2, 0.25) is 0 Å². The summed E-state index contributed by atoms with van der Waals surface area (Å²) in [6.07, 6.45) is 3.58. The maximum absolute atomic E-state index is 13.9. The minimum absolute atomic E-state index is 0.0862. The fraction of sp³-hybridized carbons (Fsp3) is 0.444. The van der Waals surface area contributed by atoms with Gasteiger partial charge >= 0.3 is 0 Å². The summed E-state index contributed by atoms with van der Waals surface area (Å²) in [7, 11) is 0. The monoisotopic (exact) mass is 330 g/mol. The quantitative estimate of drug-likeness (QED) is 0.865. The highest BCUT2D eigenvalue weighted by atomic mass is 19.1. The third-order valence-electron chi connectivity index (χ3n) is 4.40. The number of imidazole rings is 1. The van der Waals surface area contributed by atoms with Crippen molar-refractivity contribution in [2.24, 2.45) is 0 Å². The molecule has 2 heterocycles. The largest absolute Gasteiger partial charge is 0.366 e. The Hall–Kier alpha value is -2.37. The number of carbonyl (C=O) groups is 1. The van der Waals surface area contributed by atoms with Gasteiger partial charge < -0.3 is 14.4 Å². The number of benzene rings is 1. The van der Waals surface area contributed by atoms with E-state index in [1.165, 1.54) is 6.07 Å². The molecule has 1 fully saturated rings. The number of anilines is 1. The van der Waals surface area contributed by atoms with E-state index in [-0.39, 0.29) is 17.6 Å². The van der Waals surface area contributed by atoms with E-state index in [0.29, 0.717) is 38.4 Å². The molecule has 6 heteroatoms. The van der Waals surface area contributed by atoms with Crippen LogP contribution in [-0.2, 0) is 11.3 Å². The van der Waals surface area contributed by atoms with Gasteiger partial charge in [0.15, 0.2) is 0 Å². The highest BCUT2D eigenvalue weighted by Crippen LogP contribution is 2.20. The zero-order valence-corrected chi connectivity index (χ0v) is 14.2. The van der Waals surface area contributed by atoms with Crippen LogP contribution in [0.5, 0.6) is 0 Å². The van der Waals surface area contributed by atoms with E-state index in [2.05, 4.69) is 18.8 Å². The Bertz CT molecular complexity index is 705. The number of rotatable bonds is 4. The molecule has 24 heavy (non-hydrogen) atoms. The van der Waals surface area contributed by atoms with E-state index < -0.39 is 0 Å². The van der Waals surface area contributed by atoms with Crippen molar-refractivity contribution in [3.05, 3.63) is 48.3 Å². The normalized spacial score (nSPS) is 15.2. The van der Waals surface area contributed by atoms with Crippen LogP contribution in [0.15, 0.2) is 36.7 Å². The molecule has 0 unspecified atom stereocenters. The number of para-hydroxylation sites is 1. The molecule has 5 nitrogen and oxygen atoms in total. The number of hydrogen-bond acceptors (Lipinski definition) is 3. The highest BCUT2D eigenvalue weighted by molar-refractivity contribution is 5.76. The predicted molar refractivity (Wildman–Crippen MR) is 91.5 cm³/mol. The van der Waals surface area contributed by atoms with Crippen molar-refractivity contribution < 1.29 is 9.18 Å². The Labute approximate surface area is 141 Å². The summed E-state index contributed by atoms with van der Waals surface area (Å²) in [5.41, 5.74) is 0.612. The smallest absolute Gasteiger partial charge is 0.242 e. The molecule has 2 aromatic rings. The van der Waals surface area contributed by atoms with E-state index in [1.54, 1.807) is 18.3 Å². The Morgan fingerprint density at radius 1 is 1.21 bits per heavy atom.